The molecule has 8 N–H and O–H groups in total. The smallest absolute Gasteiger partial charge is 0.306 e. The Morgan fingerprint density at radius 2 is 0.875 bits per heavy atom. The third-order valence-electron chi connectivity index (χ3n) is 7.69. The molecule has 48 heavy (non-hydrogen) atoms. The van der Waals surface area contributed by atoms with E-state index in [0.29, 0.717) is 12.8 Å². The third kappa shape index (κ3) is 17.8. The van der Waals surface area contributed by atoms with Crippen LogP contribution in [0, 0.1) is 29.6 Å². The summed E-state index contributed by atoms with van der Waals surface area (Å²) in [6.45, 7) is 19.8. The van der Waals surface area contributed by atoms with Crippen molar-refractivity contribution in [2.75, 3.05) is 0 Å². The van der Waals surface area contributed by atoms with E-state index in [1.807, 2.05) is 41.5 Å². The highest BCUT2D eigenvalue weighted by molar-refractivity contribution is 5.92. The monoisotopic (exact) mass is 685 g/mol. The summed E-state index contributed by atoms with van der Waals surface area (Å²) in [5.74, 6) is -4.25. The van der Waals surface area contributed by atoms with Gasteiger partial charge in [-0.2, -0.15) is 0 Å². The number of carbonyl (C=O) groups excluding carboxylic acids is 5. The molecular formula is C34H63N5O9. The van der Waals surface area contributed by atoms with Crippen LogP contribution < -0.4 is 26.6 Å². The number of hydrogen-bond donors (Lipinski definition) is 8. The lowest BCUT2D eigenvalue weighted by Gasteiger charge is -2.31. The minimum Gasteiger partial charge on any atom is -0.481 e. The number of hydrogen-bond acceptors (Lipinski definition) is 8. The van der Waals surface area contributed by atoms with Crippen molar-refractivity contribution in [1.82, 2.24) is 26.6 Å². The predicted octanol–water partition coefficient (Wildman–Crippen LogP) is 1.47. The van der Waals surface area contributed by atoms with Gasteiger partial charge in [-0.15, -0.1) is 0 Å². The van der Waals surface area contributed by atoms with Crippen LogP contribution >= 0.6 is 0 Å². The van der Waals surface area contributed by atoms with Crippen molar-refractivity contribution in [3.05, 3.63) is 0 Å². The molecule has 0 aliphatic carbocycles. The molecule has 5 amide bonds. The second-order valence-electron chi connectivity index (χ2n) is 14.8. The molecule has 0 spiro atoms. The summed E-state index contributed by atoms with van der Waals surface area (Å²) >= 11 is 0. The lowest BCUT2D eigenvalue weighted by molar-refractivity contribution is -0.140. The van der Waals surface area contributed by atoms with Gasteiger partial charge in [-0.1, -0.05) is 69.2 Å². The Balaban J connectivity index is 5.60. The fourth-order valence-electron chi connectivity index (χ4n) is 5.16. The summed E-state index contributed by atoms with van der Waals surface area (Å²) in [5.41, 5.74) is 0. The number of carboxylic acids is 1. The number of nitrogens with one attached hydrogen (secondary N) is 5. The Morgan fingerprint density at radius 3 is 1.29 bits per heavy atom. The van der Waals surface area contributed by atoms with E-state index in [-0.39, 0.29) is 41.9 Å². The Bertz CT molecular complexity index is 1060. The maximum atomic E-state index is 13.5. The van der Waals surface area contributed by atoms with Gasteiger partial charge in [0.25, 0.3) is 0 Å². The van der Waals surface area contributed by atoms with Crippen molar-refractivity contribution in [2.45, 2.75) is 151 Å². The van der Waals surface area contributed by atoms with E-state index in [2.05, 4.69) is 26.6 Å². The molecule has 14 heteroatoms. The summed E-state index contributed by atoms with van der Waals surface area (Å²) in [6.07, 6.45) is -2.76. The van der Waals surface area contributed by atoms with Gasteiger partial charge >= 0.3 is 5.97 Å². The fourth-order valence-corrected chi connectivity index (χ4v) is 5.16. The number of carboxylic acid groups (broad SMARTS) is 1. The number of aliphatic hydroxyl groups is 2. The van der Waals surface area contributed by atoms with Gasteiger partial charge in [-0.05, 0) is 49.4 Å². The first-order chi connectivity index (χ1) is 22.0. The highest BCUT2D eigenvalue weighted by atomic mass is 16.4. The van der Waals surface area contributed by atoms with Gasteiger partial charge in [-0.25, -0.2) is 0 Å². The molecule has 0 unspecified atom stereocenters. The van der Waals surface area contributed by atoms with Crippen molar-refractivity contribution in [2.24, 2.45) is 29.6 Å². The van der Waals surface area contributed by atoms with Crippen LogP contribution in [-0.2, 0) is 28.8 Å². The number of rotatable bonds is 22. The van der Waals surface area contributed by atoms with E-state index in [1.54, 1.807) is 27.7 Å². The highest BCUT2D eigenvalue weighted by Crippen LogP contribution is 2.15. The average Bonchev–Trinajstić information content (AvgIpc) is 2.91. The Kier molecular flexibility index (Phi) is 20.2. The standard InChI is InChI=1S/C34H63N5O9/c1-17(2)12-23(37-33(47)31(21(9)10)39-34(48)30(20(7)8)38-27(42)14-19(5)6)25(40)15-28(43)35-22(11)32(46)36-24(13-18(3)4)26(41)16-29(44)45/h17-26,30-31,40-41H,12-16H2,1-11H3,(H,35,43)(H,36,46)(H,37,47)(H,38,42)(H,39,48)(H,44,45)/t22-,23-,24-,25+,26+,30-,31+/m0/s1. The lowest BCUT2D eigenvalue weighted by Crippen LogP contribution is -2.59. The van der Waals surface area contributed by atoms with E-state index in [1.165, 1.54) is 6.92 Å². The molecule has 0 saturated carbocycles. The zero-order valence-corrected chi connectivity index (χ0v) is 30.8. The van der Waals surface area contributed by atoms with Gasteiger partial charge in [-0.3, -0.25) is 28.8 Å². The normalized spacial score (nSPS) is 16.1. The van der Waals surface area contributed by atoms with Gasteiger partial charge in [0, 0.05) is 6.42 Å². The van der Waals surface area contributed by atoms with Crippen molar-refractivity contribution < 1.29 is 44.1 Å². The van der Waals surface area contributed by atoms with E-state index < -0.39 is 84.9 Å². The van der Waals surface area contributed by atoms with Crippen LogP contribution in [0.15, 0.2) is 0 Å². The van der Waals surface area contributed by atoms with Crippen LogP contribution in [0.25, 0.3) is 0 Å². The lowest BCUT2D eigenvalue weighted by atomic mass is 9.95. The number of aliphatic hydroxyl groups excluding tert-OH is 2. The molecular weight excluding hydrogens is 622 g/mol. The van der Waals surface area contributed by atoms with Crippen molar-refractivity contribution >= 4 is 35.5 Å². The number of amides is 5. The average molecular weight is 686 g/mol. The first-order valence-corrected chi connectivity index (χ1v) is 17.1. The zero-order valence-electron chi connectivity index (χ0n) is 30.8. The molecule has 0 aliphatic rings. The van der Waals surface area contributed by atoms with Crippen LogP contribution in [0.1, 0.15) is 108 Å². The minimum absolute atomic E-state index is 0.0152. The molecule has 0 aromatic carbocycles. The number of aliphatic carboxylic acids is 1. The molecule has 0 heterocycles. The molecule has 0 bridgehead atoms. The predicted molar refractivity (Wildman–Crippen MR) is 182 cm³/mol. The van der Waals surface area contributed by atoms with Crippen LogP contribution in [0.5, 0.6) is 0 Å². The van der Waals surface area contributed by atoms with Crippen LogP contribution in [-0.4, -0.2) is 93.2 Å². The summed E-state index contributed by atoms with van der Waals surface area (Å²) in [5, 5.41) is 43.9. The van der Waals surface area contributed by atoms with E-state index in [9.17, 15) is 39.0 Å². The van der Waals surface area contributed by atoms with Gasteiger partial charge in [0.05, 0.1) is 37.1 Å². The molecule has 0 aliphatic heterocycles. The van der Waals surface area contributed by atoms with Crippen LogP contribution in [0.3, 0.4) is 0 Å². The van der Waals surface area contributed by atoms with Gasteiger partial charge < -0.3 is 41.9 Å². The summed E-state index contributed by atoms with van der Waals surface area (Å²) in [6, 6.07) is -4.61. The third-order valence-corrected chi connectivity index (χ3v) is 7.69. The van der Waals surface area contributed by atoms with E-state index in [0.717, 1.165) is 0 Å². The van der Waals surface area contributed by atoms with Gasteiger partial charge in [0.2, 0.25) is 29.5 Å². The first kappa shape index (κ1) is 44.7. The van der Waals surface area contributed by atoms with Crippen molar-refractivity contribution in [3.63, 3.8) is 0 Å². The largest absolute Gasteiger partial charge is 0.481 e. The molecule has 0 radical (unpaired) electrons. The molecule has 0 aromatic rings. The fraction of sp³-hybridized carbons (Fsp3) is 0.824. The Morgan fingerprint density at radius 1 is 0.479 bits per heavy atom. The highest BCUT2D eigenvalue weighted by Gasteiger charge is 2.34. The summed E-state index contributed by atoms with van der Waals surface area (Å²) < 4.78 is 0. The molecule has 0 fully saturated rings. The second-order valence-corrected chi connectivity index (χ2v) is 14.8. The van der Waals surface area contributed by atoms with Crippen LogP contribution in [0.2, 0.25) is 0 Å². The maximum absolute atomic E-state index is 13.5. The second kappa shape index (κ2) is 21.7. The molecule has 0 aromatic heterocycles. The van der Waals surface area contributed by atoms with Crippen LogP contribution in [0.4, 0.5) is 0 Å². The summed E-state index contributed by atoms with van der Waals surface area (Å²) in [4.78, 5) is 75.9. The maximum Gasteiger partial charge on any atom is 0.306 e. The van der Waals surface area contributed by atoms with Gasteiger partial charge in [0.15, 0.2) is 0 Å². The SMILES string of the molecule is CC(C)CC(=O)N[C@H](C(=O)N[C@@H](C(=O)N[C@@H](CC(C)C)[C@H](O)CC(=O)N[C@@H](C)C(=O)N[C@@H](CC(C)C)[C@H](O)CC(=O)O)C(C)C)C(C)C. The summed E-state index contributed by atoms with van der Waals surface area (Å²) in [7, 11) is 0. The molecule has 0 rings (SSSR count). The van der Waals surface area contributed by atoms with E-state index >= 15 is 0 Å². The molecule has 14 nitrogen and oxygen atoms in total. The van der Waals surface area contributed by atoms with Crippen molar-refractivity contribution in [3.8, 4) is 0 Å². The molecule has 0 saturated heterocycles. The minimum atomic E-state index is -1.33. The zero-order chi connectivity index (χ0) is 37.5. The van der Waals surface area contributed by atoms with E-state index in [4.69, 9.17) is 5.11 Å². The number of carbonyl (C=O) groups is 6. The quantitative estimate of drug-likeness (QED) is 0.0825. The molecule has 278 valence electrons. The molecule has 7 atom stereocenters. The topological polar surface area (TPSA) is 223 Å². The van der Waals surface area contributed by atoms with Crippen molar-refractivity contribution in [1.29, 1.82) is 0 Å². The first-order valence-electron chi connectivity index (χ1n) is 17.1. The van der Waals surface area contributed by atoms with Gasteiger partial charge in [0.1, 0.15) is 18.1 Å². The Labute approximate surface area is 286 Å². The Hall–Kier alpha value is -3.26.